The standard InChI is InChI=1S/C14H12BrClFNO/c1-18-8-9-3-2-4-12(17)14(9)19-13-7-10(15)5-6-11(13)16/h2-7,18H,8H2,1H3. The quantitative estimate of drug-likeness (QED) is 0.864. The fourth-order valence-electron chi connectivity index (χ4n) is 1.66. The second kappa shape index (κ2) is 6.37. The molecule has 100 valence electrons. The summed E-state index contributed by atoms with van der Waals surface area (Å²) < 4.78 is 20.3. The number of halogens is 3. The lowest BCUT2D eigenvalue weighted by Gasteiger charge is -2.13. The van der Waals surface area contributed by atoms with Gasteiger partial charge < -0.3 is 10.1 Å². The van der Waals surface area contributed by atoms with E-state index in [9.17, 15) is 4.39 Å². The van der Waals surface area contributed by atoms with Crippen molar-refractivity contribution in [2.75, 3.05) is 7.05 Å². The molecule has 0 aliphatic rings. The van der Waals surface area contributed by atoms with Crippen LogP contribution in [0.3, 0.4) is 0 Å². The summed E-state index contributed by atoms with van der Waals surface area (Å²) in [6.45, 7) is 0.513. The first-order valence-electron chi connectivity index (χ1n) is 5.66. The zero-order valence-electron chi connectivity index (χ0n) is 10.2. The lowest BCUT2D eigenvalue weighted by Crippen LogP contribution is -2.07. The van der Waals surface area contributed by atoms with E-state index in [-0.39, 0.29) is 5.75 Å². The minimum atomic E-state index is -0.413. The van der Waals surface area contributed by atoms with Gasteiger partial charge in [0.25, 0.3) is 0 Å². The maximum atomic E-state index is 13.9. The lowest BCUT2D eigenvalue weighted by molar-refractivity contribution is 0.434. The van der Waals surface area contributed by atoms with Crippen LogP contribution in [0.5, 0.6) is 11.5 Å². The van der Waals surface area contributed by atoms with Gasteiger partial charge in [-0.05, 0) is 31.3 Å². The summed E-state index contributed by atoms with van der Waals surface area (Å²) in [6, 6.07) is 10.0. The summed E-state index contributed by atoms with van der Waals surface area (Å²) in [5.41, 5.74) is 0.735. The smallest absolute Gasteiger partial charge is 0.167 e. The van der Waals surface area contributed by atoms with Gasteiger partial charge in [0.1, 0.15) is 5.75 Å². The van der Waals surface area contributed by atoms with Crippen LogP contribution < -0.4 is 10.1 Å². The van der Waals surface area contributed by atoms with E-state index in [4.69, 9.17) is 16.3 Å². The van der Waals surface area contributed by atoms with Crippen molar-refractivity contribution in [1.82, 2.24) is 5.32 Å². The summed E-state index contributed by atoms with van der Waals surface area (Å²) in [6.07, 6.45) is 0. The Hall–Kier alpha value is -1.10. The Labute approximate surface area is 124 Å². The molecule has 2 aromatic rings. The van der Waals surface area contributed by atoms with Gasteiger partial charge in [-0.25, -0.2) is 4.39 Å². The van der Waals surface area contributed by atoms with Crippen molar-refractivity contribution in [3.8, 4) is 11.5 Å². The number of hydrogen-bond donors (Lipinski definition) is 1. The molecule has 2 rings (SSSR count). The van der Waals surface area contributed by atoms with Gasteiger partial charge in [0.2, 0.25) is 0 Å². The Kier molecular flexibility index (Phi) is 4.80. The monoisotopic (exact) mass is 343 g/mol. The van der Waals surface area contributed by atoms with Gasteiger partial charge in [0.05, 0.1) is 5.02 Å². The van der Waals surface area contributed by atoms with Crippen LogP contribution in [-0.2, 0) is 6.54 Å². The molecule has 0 aromatic heterocycles. The van der Waals surface area contributed by atoms with Gasteiger partial charge in [0.15, 0.2) is 11.6 Å². The van der Waals surface area contributed by atoms with E-state index in [0.717, 1.165) is 10.0 Å². The van der Waals surface area contributed by atoms with E-state index in [2.05, 4.69) is 21.2 Å². The summed E-state index contributed by atoms with van der Waals surface area (Å²) in [4.78, 5) is 0. The molecule has 19 heavy (non-hydrogen) atoms. The maximum absolute atomic E-state index is 13.9. The van der Waals surface area contributed by atoms with Gasteiger partial charge in [-0.1, -0.05) is 39.7 Å². The molecule has 2 nitrogen and oxygen atoms in total. The molecule has 0 radical (unpaired) electrons. The number of ether oxygens (including phenoxy) is 1. The summed E-state index contributed by atoms with van der Waals surface area (Å²) in [5.74, 6) is 0.194. The SMILES string of the molecule is CNCc1cccc(F)c1Oc1cc(Br)ccc1Cl. The molecule has 0 saturated heterocycles. The molecule has 0 amide bonds. The van der Waals surface area contributed by atoms with E-state index in [1.807, 2.05) is 0 Å². The van der Waals surface area contributed by atoms with Crippen LogP contribution in [0, 0.1) is 5.82 Å². The van der Waals surface area contributed by atoms with Gasteiger partial charge in [-0.3, -0.25) is 0 Å². The van der Waals surface area contributed by atoms with Gasteiger partial charge in [-0.2, -0.15) is 0 Å². The van der Waals surface area contributed by atoms with E-state index in [0.29, 0.717) is 17.3 Å². The zero-order valence-corrected chi connectivity index (χ0v) is 12.6. The van der Waals surface area contributed by atoms with Crippen molar-refractivity contribution < 1.29 is 9.13 Å². The molecule has 0 aliphatic heterocycles. The third kappa shape index (κ3) is 3.47. The van der Waals surface area contributed by atoms with Crippen LogP contribution >= 0.6 is 27.5 Å². The maximum Gasteiger partial charge on any atom is 0.167 e. The zero-order chi connectivity index (χ0) is 13.8. The minimum absolute atomic E-state index is 0.192. The Balaban J connectivity index is 2.39. The van der Waals surface area contributed by atoms with Crippen molar-refractivity contribution in [3.05, 3.63) is 57.3 Å². The highest BCUT2D eigenvalue weighted by Crippen LogP contribution is 2.34. The normalized spacial score (nSPS) is 10.5. The van der Waals surface area contributed by atoms with Gasteiger partial charge in [0, 0.05) is 16.6 Å². The summed E-state index contributed by atoms with van der Waals surface area (Å²) in [5, 5.41) is 3.41. The Bertz CT molecular complexity index is 592. The molecule has 2 aromatic carbocycles. The van der Waals surface area contributed by atoms with Crippen molar-refractivity contribution >= 4 is 27.5 Å². The second-order valence-electron chi connectivity index (χ2n) is 3.94. The molecule has 0 bridgehead atoms. The molecule has 0 atom stereocenters. The highest BCUT2D eigenvalue weighted by Gasteiger charge is 2.12. The largest absolute Gasteiger partial charge is 0.452 e. The fraction of sp³-hybridized carbons (Fsp3) is 0.143. The predicted octanol–water partition coefficient (Wildman–Crippen LogP) is 4.75. The van der Waals surface area contributed by atoms with E-state index >= 15 is 0 Å². The number of rotatable bonds is 4. The van der Waals surface area contributed by atoms with Crippen LogP contribution in [0.1, 0.15) is 5.56 Å². The molecule has 0 aliphatic carbocycles. The van der Waals surface area contributed by atoms with E-state index in [1.165, 1.54) is 6.07 Å². The first-order chi connectivity index (χ1) is 9.11. The van der Waals surface area contributed by atoms with Crippen LogP contribution in [0.2, 0.25) is 5.02 Å². The minimum Gasteiger partial charge on any atom is -0.452 e. The topological polar surface area (TPSA) is 21.3 Å². The van der Waals surface area contributed by atoms with Crippen LogP contribution in [-0.4, -0.2) is 7.05 Å². The van der Waals surface area contributed by atoms with Crippen molar-refractivity contribution in [2.24, 2.45) is 0 Å². The fourth-order valence-corrected chi connectivity index (χ4v) is 2.16. The van der Waals surface area contributed by atoms with Crippen LogP contribution in [0.15, 0.2) is 40.9 Å². The lowest BCUT2D eigenvalue weighted by atomic mass is 10.2. The van der Waals surface area contributed by atoms with Crippen molar-refractivity contribution in [3.63, 3.8) is 0 Å². The third-order valence-corrected chi connectivity index (χ3v) is 3.33. The van der Waals surface area contributed by atoms with E-state index < -0.39 is 5.82 Å². The van der Waals surface area contributed by atoms with Gasteiger partial charge in [-0.15, -0.1) is 0 Å². The van der Waals surface area contributed by atoms with Crippen LogP contribution in [0.4, 0.5) is 4.39 Å². The molecule has 0 fully saturated rings. The Morgan fingerprint density at radius 1 is 1.32 bits per heavy atom. The Morgan fingerprint density at radius 2 is 2.11 bits per heavy atom. The average molecular weight is 345 g/mol. The number of benzene rings is 2. The molecule has 5 heteroatoms. The first-order valence-corrected chi connectivity index (χ1v) is 6.84. The molecule has 0 heterocycles. The molecule has 1 N–H and O–H groups in total. The average Bonchev–Trinajstić information content (AvgIpc) is 2.38. The highest BCUT2D eigenvalue weighted by atomic mass is 79.9. The molecule has 0 saturated carbocycles. The third-order valence-electron chi connectivity index (χ3n) is 2.52. The van der Waals surface area contributed by atoms with Gasteiger partial charge >= 0.3 is 0 Å². The number of hydrogen-bond acceptors (Lipinski definition) is 2. The van der Waals surface area contributed by atoms with Crippen molar-refractivity contribution in [1.29, 1.82) is 0 Å². The Morgan fingerprint density at radius 3 is 2.84 bits per heavy atom. The number of nitrogens with one attached hydrogen (secondary N) is 1. The van der Waals surface area contributed by atoms with E-state index in [1.54, 1.807) is 37.4 Å². The molecule has 0 spiro atoms. The number of para-hydroxylation sites is 1. The first kappa shape index (κ1) is 14.3. The summed E-state index contributed by atoms with van der Waals surface area (Å²) >= 11 is 9.38. The van der Waals surface area contributed by atoms with Crippen LogP contribution in [0.25, 0.3) is 0 Å². The second-order valence-corrected chi connectivity index (χ2v) is 5.26. The highest BCUT2D eigenvalue weighted by molar-refractivity contribution is 9.10. The molecular weight excluding hydrogens is 333 g/mol. The molecule has 0 unspecified atom stereocenters. The molecular formula is C14H12BrClFNO. The van der Waals surface area contributed by atoms with Crippen molar-refractivity contribution in [2.45, 2.75) is 6.54 Å². The summed E-state index contributed by atoms with van der Waals surface area (Å²) in [7, 11) is 1.79. The predicted molar refractivity (Wildman–Crippen MR) is 78.4 cm³/mol.